The average Bonchev–Trinajstić information content (AvgIpc) is 2.99. The van der Waals surface area contributed by atoms with Crippen molar-refractivity contribution in [3.63, 3.8) is 0 Å². The van der Waals surface area contributed by atoms with Crippen molar-refractivity contribution in [3.8, 4) is 0 Å². The molecule has 2 heterocycles. The van der Waals surface area contributed by atoms with Crippen LogP contribution in [0.2, 0.25) is 10.0 Å². The monoisotopic (exact) mass is 310 g/mol. The van der Waals surface area contributed by atoms with Crippen LogP contribution in [0.15, 0.2) is 24.5 Å². The van der Waals surface area contributed by atoms with Gasteiger partial charge in [0.15, 0.2) is 0 Å². The van der Waals surface area contributed by atoms with Crippen LogP contribution in [-0.2, 0) is 20.1 Å². The molecular weight excluding hydrogens is 295 g/mol. The van der Waals surface area contributed by atoms with E-state index < -0.39 is 0 Å². The highest BCUT2D eigenvalue weighted by Gasteiger charge is 2.32. The lowest BCUT2D eigenvalue weighted by molar-refractivity contribution is 0.211. The SMILES string of the molecule is Cn1cc(CN2Cc3c(Cl)ccc(Cl)c3C2CN)cn1. The van der Waals surface area contributed by atoms with Crippen LogP contribution in [0.1, 0.15) is 22.7 Å². The minimum atomic E-state index is 0.108. The van der Waals surface area contributed by atoms with Crippen LogP contribution in [0.4, 0.5) is 0 Å². The van der Waals surface area contributed by atoms with Crippen LogP contribution in [0, 0.1) is 0 Å². The number of benzene rings is 1. The van der Waals surface area contributed by atoms with Crippen LogP contribution < -0.4 is 5.73 Å². The molecule has 1 aromatic heterocycles. The molecule has 4 nitrogen and oxygen atoms in total. The Hall–Kier alpha value is -1.07. The molecular formula is C14H16Cl2N4. The Balaban J connectivity index is 1.92. The van der Waals surface area contributed by atoms with Crippen molar-refractivity contribution in [1.29, 1.82) is 0 Å². The standard InChI is InChI=1S/C14H16Cl2N4/c1-19-6-9(5-18-19)7-20-8-10-11(15)2-3-12(16)14(10)13(20)4-17/h2-3,5-6,13H,4,7-8,17H2,1H3. The maximum Gasteiger partial charge on any atom is 0.0534 e. The summed E-state index contributed by atoms with van der Waals surface area (Å²) in [6.07, 6.45) is 3.89. The van der Waals surface area contributed by atoms with Gasteiger partial charge in [-0.15, -0.1) is 0 Å². The molecule has 0 amide bonds. The molecule has 0 fully saturated rings. The van der Waals surface area contributed by atoms with E-state index in [0.717, 1.165) is 39.8 Å². The number of nitrogens with two attached hydrogens (primary N) is 1. The molecule has 1 aliphatic rings. The van der Waals surface area contributed by atoms with Crippen molar-refractivity contribution in [3.05, 3.63) is 51.3 Å². The Bertz CT molecular complexity index is 638. The first-order chi connectivity index (χ1) is 9.60. The normalized spacial score (nSPS) is 18.5. The van der Waals surface area contributed by atoms with E-state index in [0.29, 0.717) is 6.54 Å². The number of hydrogen-bond acceptors (Lipinski definition) is 3. The van der Waals surface area contributed by atoms with Gasteiger partial charge in [0.1, 0.15) is 0 Å². The molecule has 0 saturated carbocycles. The predicted molar refractivity (Wildman–Crippen MR) is 80.7 cm³/mol. The molecule has 1 atom stereocenters. The van der Waals surface area contributed by atoms with E-state index in [1.165, 1.54) is 0 Å². The smallest absolute Gasteiger partial charge is 0.0534 e. The van der Waals surface area contributed by atoms with Crippen molar-refractivity contribution < 1.29 is 0 Å². The molecule has 1 unspecified atom stereocenters. The minimum absolute atomic E-state index is 0.108. The summed E-state index contributed by atoms with van der Waals surface area (Å²) in [5, 5.41) is 5.71. The Kier molecular flexibility index (Phi) is 3.73. The summed E-state index contributed by atoms with van der Waals surface area (Å²) >= 11 is 12.6. The largest absolute Gasteiger partial charge is 0.329 e. The molecule has 106 valence electrons. The van der Waals surface area contributed by atoms with Crippen LogP contribution in [-0.4, -0.2) is 21.2 Å². The lowest BCUT2D eigenvalue weighted by Crippen LogP contribution is -2.27. The third kappa shape index (κ3) is 2.33. The number of rotatable bonds is 3. The molecule has 6 heteroatoms. The first-order valence-corrected chi connectivity index (χ1v) is 7.24. The highest BCUT2D eigenvalue weighted by Crippen LogP contribution is 2.41. The fraction of sp³-hybridized carbons (Fsp3) is 0.357. The Morgan fingerprint density at radius 1 is 1.35 bits per heavy atom. The number of aryl methyl sites for hydroxylation is 1. The van der Waals surface area contributed by atoms with Gasteiger partial charge in [0.05, 0.1) is 6.20 Å². The van der Waals surface area contributed by atoms with E-state index >= 15 is 0 Å². The summed E-state index contributed by atoms with van der Waals surface area (Å²) in [5.41, 5.74) is 9.28. The number of halogens is 2. The first-order valence-electron chi connectivity index (χ1n) is 6.48. The molecule has 0 saturated heterocycles. The highest BCUT2D eigenvalue weighted by molar-refractivity contribution is 6.34. The summed E-state index contributed by atoms with van der Waals surface area (Å²) in [4.78, 5) is 2.29. The number of nitrogens with zero attached hydrogens (tertiary/aromatic N) is 3. The molecule has 0 bridgehead atoms. The molecule has 3 rings (SSSR count). The van der Waals surface area contributed by atoms with Gasteiger partial charge in [-0.25, -0.2) is 0 Å². The van der Waals surface area contributed by atoms with E-state index in [1.807, 2.05) is 31.6 Å². The minimum Gasteiger partial charge on any atom is -0.329 e. The van der Waals surface area contributed by atoms with E-state index in [9.17, 15) is 0 Å². The Morgan fingerprint density at radius 3 is 2.75 bits per heavy atom. The second-order valence-corrected chi connectivity index (χ2v) is 5.91. The number of aromatic nitrogens is 2. The van der Waals surface area contributed by atoms with Gasteiger partial charge in [-0.3, -0.25) is 9.58 Å². The molecule has 1 aliphatic heterocycles. The van der Waals surface area contributed by atoms with Crippen LogP contribution >= 0.6 is 23.2 Å². The van der Waals surface area contributed by atoms with Gasteiger partial charge in [0.25, 0.3) is 0 Å². The fourth-order valence-corrected chi connectivity index (χ4v) is 3.37. The van der Waals surface area contributed by atoms with Crippen molar-refractivity contribution in [2.45, 2.75) is 19.1 Å². The number of hydrogen-bond donors (Lipinski definition) is 1. The Morgan fingerprint density at radius 2 is 2.10 bits per heavy atom. The summed E-state index contributed by atoms with van der Waals surface area (Å²) in [6, 6.07) is 3.81. The lowest BCUT2D eigenvalue weighted by Gasteiger charge is -2.23. The molecule has 1 aromatic carbocycles. The topological polar surface area (TPSA) is 47.1 Å². The van der Waals surface area contributed by atoms with Crippen LogP contribution in [0.3, 0.4) is 0 Å². The zero-order valence-corrected chi connectivity index (χ0v) is 12.7. The third-order valence-electron chi connectivity index (χ3n) is 3.75. The van der Waals surface area contributed by atoms with Gasteiger partial charge in [-0.2, -0.15) is 5.10 Å². The first kappa shape index (κ1) is 13.9. The zero-order chi connectivity index (χ0) is 14.3. The quantitative estimate of drug-likeness (QED) is 0.948. The van der Waals surface area contributed by atoms with Gasteiger partial charge in [0.2, 0.25) is 0 Å². The van der Waals surface area contributed by atoms with Crippen molar-refractivity contribution in [1.82, 2.24) is 14.7 Å². The molecule has 0 radical (unpaired) electrons. The summed E-state index contributed by atoms with van der Waals surface area (Å²) in [6.45, 7) is 2.08. The summed E-state index contributed by atoms with van der Waals surface area (Å²) < 4.78 is 1.80. The molecule has 2 N–H and O–H groups in total. The van der Waals surface area contributed by atoms with Gasteiger partial charge < -0.3 is 5.73 Å². The zero-order valence-electron chi connectivity index (χ0n) is 11.2. The maximum atomic E-state index is 6.33. The molecule has 2 aromatic rings. The van der Waals surface area contributed by atoms with Gasteiger partial charge in [-0.1, -0.05) is 23.2 Å². The lowest BCUT2D eigenvalue weighted by atomic mass is 10.0. The van der Waals surface area contributed by atoms with Crippen LogP contribution in [0.5, 0.6) is 0 Å². The van der Waals surface area contributed by atoms with Gasteiger partial charge in [0, 0.05) is 54.5 Å². The second kappa shape index (κ2) is 5.37. The van der Waals surface area contributed by atoms with E-state index in [4.69, 9.17) is 28.9 Å². The molecule has 0 spiro atoms. The van der Waals surface area contributed by atoms with Crippen molar-refractivity contribution in [2.24, 2.45) is 12.8 Å². The predicted octanol–water partition coefficient (Wildman–Crippen LogP) is 2.74. The number of fused-ring (bicyclic) bond motifs is 1. The van der Waals surface area contributed by atoms with Crippen molar-refractivity contribution >= 4 is 23.2 Å². The highest BCUT2D eigenvalue weighted by atomic mass is 35.5. The summed E-state index contributed by atoms with van der Waals surface area (Å²) in [7, 11) is 1.91. The van der Waals surface area contributed by atoms with Gasteiger partial charge in [-0.05, 0) is 23.3 Å². The third-order valence-corrected chi connectivity index (χ3v) is 4.43. The van der Waals surface area contributed by atoms with Gasteiger partial charge >= 0.3 is 0 Å². The van der Waals surface area contributed by atoms with E-state index in [1.54, 1.807) is 4.68 Å². The summed E-state index contributed by atoms with van der Waals surface area (Å²) in [5.74, 6) is 0. The molecule has 0 aliphatic carbocycles. The second-order valence-electron chi connectivity index (χ2n) is 5.10. The Labute approximate surface area is 128 Å². The van der Waals surface area contributed by atoms with E-state index in [2.05, 4.69) is 10.00 Å². The van der Waals surface area contributed by atoms with E-state index in [-0.39, 0.29) is 6.04 Å². The maximum absolute atomic E-state index is 6.33. The van der Waals surface area contributed by atoms with Crippen molar-refractivity contribution in [2.75, 3.05) is 6.54 Å². The fourth-order valence-electron chi connectivity index (χ4n) is 2.85. The van der Waals surface area contributed by atoms with Crippen LogP contribution in [0.25, 0.3) is 0 Å². The molecule has 20 heavy (non-hydrogen) atoms. The average molecular weight is 311 g/mol.